The number of nitrogens with zero attached hydrogens (tertiary/aromatic N) is 10. The van der Waals surface area contributed by atoms with E-state index in [1.807, 2.05) is 65.0 Å². The van der Waals surface area contributed by atoms with Gasteiger partial charge in [-0.15, -0.1) is 0 Å². The SMILES string of the molecule is CC(NC(=O)CCCCCN1C(=O)C=CC1=O)C(=O)NC(Cc1ccccc1)C(=O)Nc1ccc(COC(=O)N(C)CC(=O)N(CCCN(C)CCN2C(=O)c3cccc4c(-n5ccnc5)ccc(c34)C2=O)CCN2C(=O)c3cccc4c(-n5ccnc5)ccc(c34)C2=O)cc1. The molecule has 2 unspecified atom stereocenters. The molecule has 5 heterocycles. The van der Waals surface area contributed by atoms with Crippen LogP contribution in [0.4, 0.5) is 10.5 Å². The van der Waals surface area contributed by atoms with Gasteiger partial charge in [0.2, 0.25) is 23.6 Å². The molecule has 0 saturated carbocycles. The molecule has 0 radical (unpaired) electrons. The van der Waals surface area contributed by atoms with Gasteiger partial charge < -0.3 is 44.5 Å². The summed E-state index contributed by atoms with van der Waals surface area (Å²) < 4.78 is 9.27. The molecule has 6 aromatic carbocycles. The summed E-state index contributed by atoms with van der Waals surface area (Å²) in [4.78, 5) is 165. The van der Waals surface area contributed by atoms with Crippen molar-refractivity contribution in [3.05, 3.63) is 198 Å². The topological polar surface area (TPSA) is 288 Å². The van der Waals surface area contributed by atoms with Gasteiger partial charge in [-0.2, -0.15) is 0 Å². The number of anilines is 1. The fraction of sp³-hybridized carbons (Fsp3) is 0.282. The van der Waals surface area contributed by atoms with Crippen molar-refractivity contribution < 1.29 is 57.5 Å². The zero-order chi connectivity index (χ0) is 67.6. The summed E-state index contributed by atoms with van der Waals surface area (Å²) in [5.41, 5.74) is 4.70. The molecule has 3 N–H and O–H groups in total. The number of carbonyl (C=O) groups excluding carboxylic acids is 11. The third-order valence-electron chi connectivity index (χ3n) is 17.3. The van der Waals surface area contributed by atoms with Gasteiger partial charge in [0.1, 0.15) is 25.2 Å². The first-order chi connectivity index (χ1) is 46.4. The van der Waals surface area contributed by atoms with Gasteiger partial charge in [0, 0.05) is 146 Å². The quantitative estimate of drug-likeness (QED) is 0.0341. The first-order valence-electron chi connectivity index (χ1n) is 31.6. The zero-order valence-electron chi connectivity index (χ0n) is 53.2. The summed E-state index contributed by atoms with van der Waals surface area (Å²) in [5, 5.41) is 10.8. The Morgan fingerprint density at radius 3 is 1.69 bits per heavy atom. The number of carbonyl (C=O) groups is 11. The molecule has 96 heavy (non-hydrogen) atoms. The summed E-state index contributed by atoms with van der Waals surface area (Å²) in [6, 6.07) is 31.2. The van der Waals surface area contributed by atoms with Crippen molar-refractivity contribution in [1.82, 2.24) is 59.1 Å². The molecule has 0 aliphatic carbocycles. The molecule has 25 nitrogen and oxygen atoms in total. The molecule has 0 fully saturated rings. The normalized spacial score (nSPS) is 14.0. The molecule has 25 heteroatoms. The van der Waals surface area contributed by atoms with Gasteiger partial charge in [-0.25, -0.2) is 14.8 Å². The Morgan fingerprint density at radius 2 is 1.11 bits per heavy atom. The van der Waals surface area contributed by atoms with Gasteiger partial charge in [0.25, 0.3) is 35.4 Å². The van der Waals surface area contributed by atoms with Crippen LogP contribution in [0.15, 0.2) is 165 Å². The van der Waals surface area contributed by atoms with Crippen LogP contribution in [0.5, 0.6) is 0 Å². The van der Waals surface area contributed by atoms with Crippen LogP contribution in [-0.2, 0) is 46.5 Å². The van der Waals surface area contributed by atoms with Crippen molar-refractivity contribution >= 4 is 92.4 Å². The Bertz CT molecular complexity index is 4280. The summed E-state index contributed by atoms with van der Waals surface area (Å²) >= 11 is 0. The van der Waals surface area contributed by atoms with Gasteiger partial charge in [-0.05, 0) is 99.4 Å². The molecule has 8 aromatic rings. The molecule has 11 rings (SSSR count). The Balaban J connectivity index is 0.693. The van der Waals surface area contributed by atoms with E-state index in [0.29, 0.717) is 88.4 Å². The molecule has 0 spiro atoms. The molecular weight excluding hydrogens is 1230 g/mol. The highest BCUT2D eigenvalue weighted by Crippen LogP contribution is 2.36. The Labute approximate surface area is 552 Å². The molecule has 3 aliphatic heterocycles. The monoisotopic (exact) mass is 1300 g/mol. The molecular formula is C71H71N13O12. The Morgan fingerprint density at radius 1 is 0.542 bits per heavy atom. The van der Waals surface area contributed by atoms with E-state index in [1.165, 1.54) is 35.9 Å². The Kier molecular flexibility index (Phi) is 20.4. The summed E-state index contributed by atoms with van der Waals surface area (Å²) in [7, 11) is 3.25. The molecule has 2 aromatic heterocycles. The highest BCUT2D eigenvalue weighted by atomic mass is 16.6. The van der Waals surface area contributed by atoms with E-state index in [9.17, 15) is 52.7 Å². The first-order valence-corrected chi connectivity index (χ1v) is 31.6. The van der Waals surface area contributed by atoms with Crippen molar-refractivity contribution in [2.75, 3.05) is 71.8 Å². The molecule has 11 amide bonds. The number of amides is 11. The van der Waals surface area contributed by atoms with Crippen LogP contribution in [0, 0.1) is 0 Å². The van der Waals surface area contributed by atoms with Crippen molar-refractivity contribution in [3.63, 3.8) is 0 Å². The highest BCUT2D eigenvalue weighted by Gasteiger charge is 2.36. The van der Waals surface area contributed by atoms with Crippen LogP contribution in [-0.4, -0.2) is 192 Å². The second-order valence-electron chi connectivity index (χ2n) is 23.8. The van der Waals surface area contributed by atoms with E-state index in [4.69, 9.17) is 4.74 Å². The minimum atomic E-state index is -1.05. The van der Waals surface area contributed by atoms with Crippen molar-refractivity contribution in [2.45, 2.75) is 64.1 Å². The van der Waals surface area contributed by atoms with Crippen molar-refractivity contribution in [3.8, 4) is 11.4 Å². The van der Waals surface area contributed by atoms with Crippen LogP contribution < -0.4 is 16.0 Å². The minimum absolute atomic E-state index is 0.0807. The number of aromatic nitrogens is 4. The number of unbranched alkanes of at least 4 members (excludes halogenated alkanes) is 2. The lowest BCUT2D eigenvalue weighted by Gasteiger charge is -2.32. The molecule has 0 saturated heterocycles. The van der Waals surface area contributed by atoms with E-state index in [1.54, 1.807) is 109 Å². The third-order valence-corrected chi connectivity index (χ3v) is 17.3. The largest absolute Gasteiger partial charge is 0.445 e. The highest BCUT2D eigenvalue weighted by molar-refractivity contribution is 6.27. The third kappa shape index (κ3) is 14.8. The number of imide groups is 3. The number of imidazole rings is 2. The number of ether oxygens (including phenoxy) is 1. The second-order valence-corrected chi connectivity index (χ2v) is 23.8. The number of hydrogen-bond acceptors (Lipinski definition) is 15. The van der Waals surface area contributed by atoms with Gasteiger partial charge in [-0.1, -0.05) is 73.2 Å². The van der Waals surface area contributed by atoms with E-state index >= 15 is 0 Å². The zero-order valence-corrected chi connectivity index (χ0v) is 53.2. The predicted molar refractivity (Wildman–Crippen MR) is 353 cm³/mol. The fourth-order valence-corrected chi connectivity index (χ4v) is 12.1. The van der Waals surface area contributed by atoms with Crippen molar-refractivity contribution in [1.29, 1.82) is 0 Å². The van der Waals surface area contributed by atoms with Crippen LogP contribution in [0.3, 0.4) is 0 Å². The summed E-state index contributed by atoms with van der Waals surface area (Å²) in [6.45, 7) is 1.80. The van der Waals surface area contributed by atoms with Gasteiger partial charge >= 0.3 is 6.09 Å². The standard InChI is InChI=1S/C71H71N13O12/c1-46(74-59(85)19-8-5-9-34-82-60(86)28-29-61(82)87)65(89)76-56(41-47-13-6-4-7-14-47)66(90)75-49-22-20-48(21-23-49)43-96-71(95)78(3)42-62(88)79(38-40-84-68(92)53-18-11-16-51-58(81-36-31-73-45-81)27-25-55(64(51)53)70(84)94)33-12-32-77(2)37-39-83-67(91)52-17-10-15-50-57(80-35-30-72-44-80)26-24-54(63(50)52)69(83)93/h4,6-7,10-11,13-18,20-31,35-36,44-46,56H,5,8-9,12,19,32-34,37-43H2,1-3H3,(H,74,85)(H,75,90)(H,76,89). The fourth-order valence-electron chi connectivity index (χ4n) is 12.1. The lowest BCUT2D eigenvalue weighted by Crippen LogP contribution is -2.52. The van der Waals surface area contributed by atoms with Gasteiger partial charge in [0.05, 0.1) is 24.0 Å². The number of nitrogens with one attached hydrogen (secondary N) is 3. The lowest BCUT2D eigenvalue weighted by atomic mass is 9.93. The van der Waals surface area contributed by atoms with Crippen LogP contribution in [0.25, 0.3) is 32.9 Å². The van der Waals surface area contributed by atoms with Crippen LogP contribution >= 0.6 is 0 Å². The average Bonchev–Trinajstić information content (AvgIpc) is 0.893. The Hall–Kier alpha value is -11.5. The van der Waals surface area contributed by atoms with Crippen molar-refractivity contribution in [2.24, 2.45) is 0 Å². The maximum Gasteiger partial charge on any atom is 0.410 e. The van der Waals surface area contributed by atoms with Crippen LogP contribution in [0.2, 0.25) is 0 Å². The average molecular weight is 1300 g/mol. The number of rotatable bonds is 29. The van der Waals surface area contributed by atoms with Crippen LogP contribution in [0.1, 0.15) is 91.6 Å². The molecule has 3 aliphatic rings. The number of hydrogen-bond donors (Lipinski definition) is 3. The van der Waals surface area contributed by atoms with E-state index in [0.717, 1.165) is 37.0 Å². The van der Waals surface area contributed by atoms with E-state index < -0.39 is 66.1 Å². The second kappa shape index (κ2) is 29.6. The smallest absolute Gasteiger partial charge is 0.410 e. The van der Waals surface area contributed by atoms with E-state index in [2.05, 4.69) is 25.9 Å². The van der Waals surface area contributed by atoms with E-state index in [-0.39, 0.29) is 69.9 Å². The first kappa shape index (κ1) is 66.0. The minimum Gasteiger partial charge on any atom is -0.445 e. The molecule has 492 valence electrons. The molecule has 0 bridgehead atoms. The number of likely N-dealkylation sites (N-methyl/N-ethyl adjacent to an activating group) is 2. The van der Waals surface area contributed by atoms with Gasteiger partial charge in [-0.3, -0.25) is 62.6 Å². The summed E-state index contributed by atoms with van der Waals surface area (Å²) in [5.74, 6) is -4.57. The summed E-state index contributed by atoms with van der Waals surface area (Å²) in [6.07, 6.45) is 14.0. The maximum atomic E-state index is 14.4. The number of benzene rings is 6. The van der Waals surface area contributed by atoms with Gasteiger partial charge in [0.15, 0.2) is 0 Å². The molecule has 2 atom stereocenters. The predicted octanol–water partition coefficient (Wildman–Crippen LogP) is 6.33. The maximum absolute atomic E-state index is 14.4. The lowest BCUT2D eigenvalue weighted by molar-refractivity contribution is -0.137.